The van der Waals surface area contributed by atoms with E-state index in [4.69, 9.17) is 28.6 Å². The second kappa shape index (κ2) is 2.03. The van der Waals surface area contributed by atoms with Crippen molar-refractivity contribution in [1.29, 1.82) is 0 Å². The van der Waals surface area contributed by atoms with Gasteiger partial charge in [0.25, 0.3) is 0 Å². The maximum absolute atomic E-state index is 4.97. The van der Waals surface area contributed by atoms with E-state index in [2.05, 4.69) is 5.09 Å². The van der Waals surface area contributed by atoms with Gasteiger partial charge >= 0.3 is 0 Å². The molecule has 0 aromatic heterocycles. The van der Waals surface area contributed by atoms with Crippen LogP contribution in [-0.2, 0) is 28.6 Å². The van der Waals surface area contributed by atoms with E-state index < -0.39 is 5.62 Å². The Balaban J connectivity index is 2.57. The molecule has 1 saturated heterocycles. The minimum absolute atomic E-state index is 0.695. The summed E-state index contributed by atoms with van der Waals surface area (Å²) in [6.45, 7) is 1.53. The van der Waals surface area contributed by atoms with E-state index in [0.717, 1.165) is 6.54 Å². The van der Waals surface area contributed by atoms with E-state index >= 15 is 0 Å². The fraction of sp³-hybridized carbons (Fsp3) is 1.00. The Bertz CT molecular complexity index is 106. The lowest BCUT2D eigenvalue weighted by Gasteiger charge is -2.19. The average Bonchev–Trinajstić information content (AvgIpc) is 1.84. The Hall–Kier alpha value is 0.920. The molecule has 1 N–H and O–H groups in total. The summed E-state index contributed by atoms with van der Waals surface area (Å²) in [6.07, 6.45) is 0. The molecule has 1 heterocycles. The summed E-state index contributed by atoms with van der Waals surface area (Å²) in [5.41, 5.74) is -1.88. The fourth-order valence-electron chi connectivity index (χ4n) is 0.394. The maximum Gasteiger partial charge on any atom is 0.0638 e. The van der Waals surface area contributed by atoms with Crippen LogP contribution in [0.3, 0.4) is 0 Å². The summed E-state index contributed by atoms with van der Waals surface area (Å²) in [5.74, 6) is 0. The SMILES string of the molecule is S=P1([S-])NCCO1. The summed E-state index contributed by atoms with van der Waals surface area (Å²) in [7, 11) is 0. The second-order valence-corrected chi connectivity index (χ2v) is 6.59. The predicted octanol–water partition coefficient (Wildman–Crippen LogP) is 0.378. The highest BCUT2D eigenvalue weighted by molar-refractivity contribution is 8.52. The maximum atomic E-state index is 4.97. The Morgan fingerprint density at radius 3 is 2.71 bits per heavy atom. The lowest BCUT2D eigenvalue weighted by atomic mass is 10.8. The Morgan fingerprint density at radius 2 is 2.57 bits per heavy atom. The molecule has 0 radical (unpaired) electrons. The summed E-state index contributed by atoms with van der Waals surface area (Å²) < 4.78 is 4.97. The van der Waals surface area contributed by atoms with Crippen LogP contribution < -0.4 is 5.09 Å². The largest absolute Gasteiger partial charge is 0.704 e. The Labute approximate surface area is 52.9 Å². The first kappa shape index (κ1) is 6.05. The van der Waals surface area contributed by atoms with Gasteiger partial charge in [0.1, 0.15) is 0 Å². The molecular weight excluding hydrogens is 149 g/mol. The van der Waals surface area contributed by atoms with Gasteiger partial charge in [0.05, 0.1) is 6.61 Å². The quantitative estimate of drug-likeness (QED) is 0.402. The fourth-order valence-corrected chi connectivity index (χ4v) is 2.18. The molecule has 0 aliphatic carbocycles. The Kier molecular flexibility index (Phi) is 1.76. The van der Waals surface area contributed by atoms with Gasteiger partial charge in [-0.05, 0) is 0 Å². The molecule has 0 spiro atoms. The molecule has 1 aliphatic heterocycles. The third-order valence-electron chi connectivity index (χ3n) is 0.669. The zero-order valence-electron chi connectivity index (χ0n) is 3.59. The molecule has 0 saturated carbocycles. The third kappa shape index (κ3) is 1.70. The standard InChI is InChI=1S/C2H6NOPS2/c6-5(7)3-1-2-4-5/h1-2H2,(H2,3,6,7)/p-1. The van der Waals surface area contributed by atoms with Crippen LogP contribution in [0.15, 0.2) is 0 Å². The van der Waals surface area contributed by atoms with E-state index in [0.29, 0.717) is 6.61 Å². The molecule has 0 amide bonds. The van der Waals surface area contributed by atoms with Crippen LogP contribution in [0.2, 0.25) is 0 Å². The predicted molar refractivity (Wildman–Crippen MR) is 35.6 cm³/mol. The van der Waals surface area contributed by atoms with Crippen molar-refractivity contribution in [3.63, 3.8) is 0 Å². The first-order chi connectivity index (χ1) is 3.21. The van der Waals surface area contributed by atoms with E-state index in [-0.39, 0.29) is 0 Å². The van der Waals surface area contributed by atoms with Crippen molar-refractivity contribution in [2.24, 2.45) is 0 Å². The van der Waals surface area contributed by atoms with Gasteiger partial charge in [0.15, 0.2) is 0 Å². The molecule has 1 atom stereocenters. The molecule has 2 nitrogen and oxygen atoms in total. The smallest absolute Gasteiger partial charge is 0.0638 e. The van der Waals surface area contributed by atoms with Gasteiger partial charge < -0.3 is 16.8 Å². The van der Waals surface area contributed by atoms with Gasteiger partial charge in [-0.2, -0.15) is 0 Å². The average molecular weight is 154 g/mol. The van der Waals surface area contributed by atoms with Crippen molar-refractivity contribution in [3.8, 4) is 0 Å². The molecule has 1 rings (SSSR count). The molecule has 7 heavy (non-hydrogen) atoms. The van der Waals surface area contributed by atoms with Crippen molar-refractivity contribution >= 4 is 29.7 Å². The zero-order chi connectivity index (χ0) is 5.33. The van der Waals surface area contributed by atoms with Crippen LogP contribution in [0.5, 0.6) is 0 Å². The summed E-state index contributed by atoms with van der Waals surface area (Å²) in [5, 5.41) is 2.91. The minimum atomic E-state index is -1.88. The van der Waals surface area contributed by atoms with Crippen molar-refractivity contribution < 1.29 is 4.52 Å². The molecule has 1 aliphatic rings. The van der Waals surface area contributed by atoms with Crippen LogP contribution in [0.25, 0.3) is 0 Å². The van der Waals surface area contributed by atoms with E-state index in [9.17, 15) is 0 Å². The lowest BCUT2D eigenvalue weighted by Crippen LogP contribution is -1.99. The van der Waals surface area contributed by atoms with Crippen molar-refractivity contribution in [2.75, 3.05) is 13.2 Å². The monoisotopic (exact) mass is 154 g/mol. The van der Waals surface area contributed by atoms with Crippen LogP contribution >= 0.6 is 5.62 Å². The van der Waals surface area contributed by atoms with Crippen LogP contribution in [-0.4, -0.2) is 13.2 Å². The summed E-state index contributed by atoms with van der Waals surface area (Å²) >= 11 is 9.60. The molecule has 0 aromatic carbocycles. The van der Waals surface area contributed by atoms with Crippen LogP contribution in [0, 0.1) is 0 Å². The van der Waals surface area contributed by atoms with E-state index in [1.54, 1.807) is 0 Å². The highest BCUT2D eigenvalue weighted by Crippen LogP contribution is 2.42. The van der Waals surface area contributed by atoms with Gasteiger partial charge in [0.2, 0.25) is 0 Å². The van der Waals surface area contributed by atoms with Gasteiger partial charge in [-0.1, -0.05) is 11.8 Å². The highest BCUT2D eigenvalue weighted by atomic mass is 32.9. The summed E-state index contributed by atoms with van der Waals surface area (Å²) in [6, 6.07) is 0. The molecule has 1 unspecified atom stereocenters. The molecule has 42 valence electrons. The van der Waals surface area contributed by atoms with E-state index in [1.807, 2.05) is 0 Å². The normalized spacial score (nSPS) is 41.9. The number of rotatable bonds is 0. The first-order valence-electron chi connectivity index (χ1n) is 1.91. The van der Waals surface area contributed by atoms with Gasteiger partial charge in [-0.3, -0.25) is 5.09 Å². The third-order valence-corrected chi connectivity index (χ3v) is 3.21. The first-order valence-corrected chi connectivity index (χ1v) is 5.65. The minimum Gasteiger partial charge on any atom is -0.704 e. The molecule has 0 aromatic rings. The zero-order valence-corrected chi connectivity index (χ0v) is 6.11. The van der Waals surface area contributed by atoms with Gasteiger partial charge in [0, 0.05) is 12.2 Å². The topological polar surface area (TPSA) is 21.3 Å². The van der Waals surface area contributed by atoms with Crippen LogP contribution in [0.4, 0.5) is 0 Å². The Morgan fingerprint density at radius 1 is 1.86 bits per heavy atom. The van der Waals surface area contributed by atoms with Crippen molar-refractivity contribution in [3.05, 3.63) is 0 Å². The van der Waals surface area contributed by atoms with Gasteiger partial charge in [-0.15, -0.1) is 0 Å². The molecule has 0 bridgehead atoms. The van der Waals surface area contributed by atoms with E-state index in [1.165, 1.54) is 0 Å². The summed E-state index contributed by atoms with van der Waals surface area (Å²) in [4.78, 5) is 0. The molecular formula is C2H5NOPS2-. The molecule has 1 fully saturated rings. The van der Waals surface area contributed by atoms with Crippen molar-refractivity contribution in [1.82, 2.24) is 5.09 Å². The lowest BCUT2D eigenvalue weighted by molar-refractivity contribution is 0.404. The second-order valence-electron chi connectivity index (χ2n) is 1.24. The number of hydrogen-bond donors (Lipinski definition) is 1. The van der Waals surface area contributed by atoms with Crippen LogP contribution in [0.1, 0.15) is 0 Å². The number of hydrogen-bond acceptors (Lipinski definition) is 3. The molecule has 5 heteroatoms. The van der Waals surface area contributed by atoms with Crippen molar-refractivity contribution in [2.45, 2.75) is 0 Å². The highest BCUT2D eigenvalue weighted by Gasteiger charge is 2.05. The number of nitrogens with one attached hydrogen (secondary N) is 1. The van der Waals surface area contributed by atoms with Gasteiger partial charge in [-0.25, -0.2) is 0 Å².